The van der Waals surface area contributed by atoms with E-state index in [4.69, 9.17) is 0 Å². The Morgan fingerprint density at radius 1 is 0.957 bits per heavy atom. The molecule has 0 aliphatic heterocycles. The van der Waals surface area contributed by atoms with E-state index >= 15 is 0 Å². The summed E-state index contributed by atoms with van der Waals surface area (Å²) in [5, 5.41) is 3.82. The highest BCUT2D eigenvalue weighted by molar-refractivity contribution is 5.82. The molecular weight excluding hydrogens is 305 g/mol. The van der Waals surface area contributed by atoms with Crippen molar-refractivity contribution in [2.45, 2.75) is 6.18 Å². The number of hydrogen-bond donors (Lipinski definition) is 1. The molecule has 23 heavy (non-hydrogen) atoms. The van der Waals surface area contributed by atoms with Crippen molar-refractivity contribution in [3.63, 3.8) is 0 Å². The molecule has 7 heteroatoms. The van der Waals surface area contributed by atoms with Gasteiger partial charge in [0.15, 0.2) is 0 Å². The molecule has 0 aliphatic rings. The molecule has 2 aromatic carbocycles. The maximum atomic E-state index is 12.9. The molecule has 0 amide bonds. The van der Waals surface area contributed by atoms with E-state index < -0.39 is 11.7 Å². The average molecular weight is 316 g/mol. The number of rotatable bonds is 3. The smallest absolute Gasteiger partial charge is 0.278 e. The van der Waals surface area contributed by atoms with Gasteiger partial charge in [0.05, 0.1) is 34.7 Å². The number of alkyl halides is 3. The molecule has 1 N–H and O–H groups in total. The van der Waals surface area contributed by atoms with Gasteiger partial charge in [-0.2, -0.15) is 18.3 Å². The van der Waals surface area contributed by atoms with Crippen molar-refractivity contribution in [2.24, 2.45) is 5.10 Å². The molecule has 0 saturated heterocycles. The maximum absolute atomic E-state index is 12.9. The van der Waals surface area contributed by atoms with Gasteiger partial charge in [0, 0.05) is 0 Å². The second-order valence-electron chi connectivity index (χ2n) is 4.70. The fourth-order valence-electron chi connectivity index (χ4n) is 2.03. The molecule has 0 saturated carbocycles. The van der Waals surface area contributed by atoms with Gasteiger partial charge < -0.3 is 0 Å². The predicted octanol–water partition coefficient (Wildman–Crippen LogP) is 4.09. The van der Waals surface area contributed by atoms with Crippen molar-refractivity contribution in [1.82, 2.24) is 9.97 Å². The lowest BCUT2D eigenvalue weighted by Crippen LogP contribution is -2.08. The number of anilines is 1. The number of para-hydroxylation sites is 3. The van der Waals surface area contributed by atoms with Crippen LogP contribution in [0.25, 0.3) is 11.0 Å². The van der Waals surface area contributed by atoms with Crippen LogP contribution in [0.5, 0.6) is 0 Å². The number of nitrogens with one attached hydrogen (secondary N) is 1. The monoisotopic (exact) mass is 316 g/mol. The third kappa shape index (κ3) is 3.45. The number of hydrogen-bond acceptors (Lipinski definition) is 4. The van der Waals surface area contributed by atoms with Crippen molar-refractivity contribution < 1.29 is 13.2 Å². The molecule has 4 nitrogen and oxygen atoms in total. The standard InChI is InChI=1S/C16H11F3N4/c17-16(18,19)12-5-1-2-6-13(12)23-21-10-11-9-20-14-7-3-4-8-15(14)22-11/h1-10,23H/b21-10-. The first kappa shape index (κ1) is 15.0. The third-order valence-corrected chi connectivity index (χ3v) is 3.08. The molecule has 1 heterocycles. The zero-order valence-corrected chi connectivity index (χ0v) is 11.7. The lowest BCUT2D eigenvalue weighted by atomic mass is 10.2. The second kappa shape index (κ2) is 6.04. The molecule has 116 valence electrons. The lowest BCUT2D eigenvalue weighted by Gasteiger charge is -2.11. The van der Waals surface area contributed by atoms with Gasteiger partial charge in [-0.05, 0) is 24.3 Å². The van der Waals surface area contributed by atoms with Gasteiger partial charge >= 0.3 is 6.18 Å². The largest absolute Gasteiger partial charge is 0.418 e. The van der Waals surface area contributed by atoms with Gasteiger partial charge in [-0.15, -0.1) is 0 Å². The quantitative estimate of drug-likeness (QED) is 0.585. The summed E-state index contributed by atoms with van der Waals surface area (Å²) in [5.74, 6) is 0. The summed E-state index contributed by atoms with van der Waals surface area (Å²) in [5.41, 5.74) is 3.37. The van der Waals surface area contributed by atoms with Crippen molar-refractivity contribution >= 4 is 22.9 Å². The van der Waals surface area contributed by atoms with Crippen LogP contribution < -0.4 is 5.43 Å². The molecule has 0 fully saturated rings. The molecule has 3 rings (SSSR count). The minimum atomic E-state index is -4.44. The number of nitrogens with zero attached hydrogens (tertiary/aromatic N) is 3. The Hall–Kier alpha value is -2.96. The fourth-order valence-corrected chi connectivity index (χ4v) is 2.03. The molecule has 1 aromatic heterocycles. The average Bonchev–Trinajstić information content (AvgIpc) is 2.54. The lowest BCUT2D eigenvalue weighted by molar-refractivity contribution is -0.136. The Labute approximate surface area is 129 Å². The Morgan fingerprint density at radius 3 is 2.43 bits per heavy atom. The van der Waals surface area contributed by atoms with Gasteiger partial charge in [-0.25, -0.2) is 4.98 Å². The summed E-state index contributed by atoms with van der Waals surface area (Å²) in [6.07, 6.45) is -1.61. The number of hydrazone groups is 1. The van der Waals surface area contributed by atoms with Crippen molar-refractivity contribution in [2.75, 3.05) is 5.43 Å². The molecule has 0 radical (unpaired) electrons. The van der Waals surface area contributed by atoms with Crippen LogP contribution in [-0.4, -0.2) is 16.2 Å². The van der Waals surface area contributed by atoms with E-state index in [1.807, 2.05) is 18.2 Å². The molecule has 0 unspecified atom stereocenters. The van der Waals surface area contributed by atoms with E-state index in [-0.39, 0.29) is 5.69 Å². The first-order valence-corrected chi connectivity index (χ1v) is 6.71. The number of aromatic nitrogens is 2. The number of fused-ring (bicyclic) bond motifs is 1. The summed E-state index contributed by atoms with van der Waals surface area (Å²) in [4.78, 5) is 8.51. The predicted molar refractivity (Wildman–Crippen MR) is 82.2 cm³/mol. The molecular formula is C16H11F3N4. The van der Waals surface area contributed by atoms with Crippen LogP contribution in [0.3, 0.4) is 0 Å². The van der Waals surface area contributed by atoms with Crippen molar-refractivity contribution in [3.05, 3.63) is 66.0 Å². The highest BCUT2D eigenvalue weighted by atomic mass is 19.4. The summed E-state index contributed by atoms with van der Waals surface area (Å²) < 4.78 is 38.6. The summed E-state index contributed by atoms with van der Waals surface area (Å²) in [6.45, 7) is 0. The SMILES string of the molecule is FC(F)(F)c1ccccc1N/N=C\c1cnc2ccccc2n1. The Bertz CT molecular complexity index is 859. The van der Waals surface area contributed by atoms with Crippen LogP contribution in [0.15, 0.2) is 59.8 Å². The molecule has 3 aromatic rings. The minimum absolute atomic E-state index is 0.120. The van der Waals surface area contributed by atoms with E-state index in [1.165, 1.54) is 30.6 Å². The van der Waals surface area contributed by atoms with Crippen LogP contribution in [0.1, 0.15) is 11.3 Å². The topological polar surface area (TPSA) is 50.2 Å². The Kier molecular flexibility index (Phi) is 3.92. The zero-order chi connectivity index (χ0) is 16.3. The van der Waals surface area contributed by atoms with E-state index in [1.54, 1.807) is 6.07 Å². The van der Waals surface area contributed by atoms with Crippen LogP contribution in [0, 0.1) is 0 Å². The number of benzene rings is 2. The van der Waals surface area contributed by atoms with Crippen molar-refractivity contribution in [1.29, 1.82) is 0 Å². The molecule has 0 bridgehead atoms. The summed E-state index contributed by atoms with van der Waals surface area (Å²) in [7, 11) is 0. The third-order valence-electron chi connectivity index (χ3n) is 3.08. The van der Waals surface area contributed by atoms with Gasteiger partial charge in [-0.1, -0.05) is 24.3 Å². The van der Waals surface area contributed by atoms with Gasteiger partial charge in [0.2, 0.25) is 0 Å². The first-order valence-electron chi connectivity index (χ1n) is 6.71. The van der Waals surface area contributed by atoms with Crippen molar-refractivity contribution in [3.8, 4) is 0 Å². The van der Waals surface area contributed by atoms with Crippen LogP contribution in [0.4, 0.5) is 18.9 Å². The first-order chi connectivity index (χ1) is 11.0. The van der Waals surface area contributed by atoms with Crippen LogP contribution >= 0.6 is 0 Å². The van der Waals surface area contributed by atoms with E-state index in [9.17, 15) is 13.2 Å². The molecule has 0 atom stereocenters. The minimum Gasteiger partial charge on any atom is -0.278 e. The van der Waals surface area contributed by atoms with E-state index in [0.717, 1.165) is 11.6 Å². The van der Waals surface area contributed by atoms with Gasteiger partial charge in [-0.3, -0.25) is 10.4 Å². The molecule has 0 spiro atoms. The summed E-state index contributed by atoms with van der Waals surface area (Å²) >= 11 is 0. The fraction of sp³-hybridized carbons (Fsp3) is 0.0625. The normalized spacial score (nSPS) is 12.0. The highest BCUT2D eigenvalue weighted by Crippen LogP contribution is 2.34. The Morgan fingerprint density at radius 2 is 1.65 bits per heavy atom. The van der Waals surface area contributed by atoms with E-state index in [0.29, 0.717) is 11.2 Å². The Balaban J connectivity index is 1.81. The second-order valence-corrected chi connectivity index (χ2v) is 4.70. The van der Waals surface area contributed by atoms with Gasteiger partial charge in [0.1, 0.15) is 5.69 Å². The maximum Gasteiger partial charge on any atom is 0.418 e. The number of halogens is 3. The zero-order valence-electron chi connectivity index (χ0n) is 11.7. The summed E-state index contributed by atoms with van der Waals surface area (Å²) in [6, 6.07) is 12.4. The van der Waals surface area contributed by atoms with Gasteiger partial charge in [0.25, 0.3) is 0 Å². The highest BCUT2D eigenvalue weighted by Gasteiger charge is 2.33. The molecule has 0 aliphatic carbocycles. The van der Waals surface area contributed by atoms with E-state index in [2.05, 4.69) is 20.5 Å². The van der Waals surface area contributed by atoms with Crippen LogP contribution in [0.2, 0.25) is 0 Å². The van der Waals surface area contributed by atoms with Crippen LogP contribution in [-0.2, 0) is 6.18 Å².